The second-order valence-electron chi connectivity index (χ2n) is 4.95. The quantitative estimate of drug-likeness (QED) is 0.505. The Morgan fingerprint density at radius 2 is 0.905 bits per heavy atom. The molecule has 0 unspecified atom stereocenters. The molecule has 3 N–H and O–H groups in total. The maximum Gasteiger partial charge on any atom is 0.0319 e. The van der Waals surface area contributed by atoms with Crippen LogP contribution in [-0.2, 0) is 47.4 Å². The minimum Gasteiger partial charge on any atom is -0.400 e. The second kappa shape index (κ2) is 13.6. The fourth-order valence-electron chi connectivity index (χ4n) is 3.49. The van der Waals surface area contributed by atoms with Crippen molar-refractivity contribution >= 4 is 0 Å². The summed E-state index contributed by atoms with van der Waals surface area (Å²) in [6, 6.07) is 0. The van der Waals surface area contributed by atoms with Crippen molar-refractivity contribution in [1.29, 1.82) is 0 Å². The molecule has 3 nitrogen and oxygen atoms in total. The van der Waals surface area contributed by atoms with Gasteiger partial charge in [-0.25, -0.2) is 0 Å². The van der Waals surface area contributed by atoms with E-state index in [1.54, 1.807) is 27.8 Å². The first-order valence-electron chi connectivity index (χ1n) is 7.51. The largest absolute Gasteiger partial charge is 0.400 e. The van der Waals surface area contributed by atoms with Gasteiger partial charge >= 0.3 is 0 Å². The van der Waals surface area contributed by atoms with Crippen LogP contribution in [0.15, 0.2) is 0 Å². The number of hydrogen-bond donors (Lipinski definition) is 3. The summed E-state index contributed by atoms with van der Waals surface area (Å²) in [5.74, 6) is 0. The molecule has 0 radical (unpaired) electrons. The van der Waals surface area contributed by atoms with Crippen molar-refractivity contribution in [1.82, 2.24) is 0 Å². The smallest absolute Gasteiger partial charge is 0.0319 e. The Labute approximate surface area is 144 Å². The van der Waals surface area contributed by atoms with Crippen LogP contribution in [0.3, 0.4) is 0 Å². The monoisotopic (exact) mass is 331 g/mol. The number of rotatable bonds is 0. The fraction of sp³-hybridized carbons (Fsp3) is 0.706. The van der Waals surface area contributed by atoms with Crippen LogP contribution in [0.1, 0.15) is 53.5 Å². The first-order chi connectivity index (χ1) is 9.88. The van der Waals surface area contributed by atoms with Gasteiger partial charge in [0.2, 0.25) is 0 Å². The van der Waals surface area contributed by atoms with E-state index in [0.717, 1.165) is 21.3 Å². The van der Waals surface area contributed by atoms with Crippen LogP contribution in [0.25, 0.3) is 0 Å². The first-order valence-corrected chi connectivity index (χ1v) is 7.51. The molecule has 0 saturated heterocycles. The molecule has 0 saturated carbocycles. The predicted molar refractivity (Wildman–Crippen MR) is 84.5 cm³/mol. The normalized spacial score (nSPS) is 14.4. The summed E-state index contributed by atoms with van der Waals surface area (Å²) in [6.45, 7) is 2.37. The van der Waals surface area contributed by atoms with E-state index >= 15 is 0 Å². The zero-order chi connectivity index (χ0) is 15.5. The van der Waals surface area contributed by atoms with Gasteiger partial charge in [0, 0.05) is 43.0 Å². The van der Waals surface area contributed by atoms with Crippen LogP contribution in [0.4, 0.5) is 0 Å². The molecule has 122 valence electrons. The van der Waals surface area contributed by atoms with Crippen molar-refractivity contribution in [3.63, 3.8) is 0 Å². The molecule has 2 aliphatic rings. The maximum absolute atomic E-state index is 7.00. The van der Waals surface area contributed by atoms with E-state index in [4.69, 9.17) is 15.3 Å². The summed E-state index contributed by atoms with van der Waals surface area (Å²) in [5, 5.41) is 21.0. The minimum absolute atomic E-state index is 0. The van der Waals surface area contributed by atoms with Gasteiger partial charge in [0.25, 0.3) is 0 Å². The van der Waals surface area contributed by atoms with E-state index in [1.807, 2.05) is 0 Å². The Balaban J connectivity index is 0. The Morgan fingerprint density at radius 3 is 1.24 bits per heavy atom. The van der Waals surface area contributed by atoms with Gasteiger partial charge in [-0.2, -0.15) is 27.8 Å². The van der Waals surface area contributed by atoms with Crippen LogP contribution >= 0.6 is 0 Å². The topological polar surface area (TPSA) is 60.7 Å². The van der Waals surface area contributed by atoms with Gasteiger partial charge in [0.1, 0.15) is 0 Å². The van der Waals surface area contributed by atoms with Gasteiger partial charge in [0.05, 0.1) is 0 Å². The van der Waals surface area contributed by atoms with E-state index in [0.29, 0.717) is 0 Å². The van der Waals surface area contributed by atoms with E-state index in [-0.39, 0.29) is 21.7 Å². The van der Waals surface area contributed by atoms with Crippen molar-refractivity contribution in [2.75, 3.05) is 21.3 Å². The van der Waals surface area contributed by atoms with Gasteiger partial charge in [0.15, 0.2) is 0 Å². The van der Waals surface area contributed by atoms with Gasteiger partial charge in [-0.05, 0) is 0 Å². The summed E-state index contributed by atoms with van der Waals surface area (Å²) in [7, 11) is 3.00. The molecule has 0 spiro atoms. The maximum atomic E-state index is 7.00. The van der Waals surface area contributed by atoms with Gasteiger partial charge in [-0.3, -0.25) is 0 Å². The molecule has 0 aliphatic heterocycles. The van der Waals surface area contributed by atoms with Crippen LogP contribution in [0, 0.1) is 6.92 Å². The molecule has 0 fully saturated rings. The summed E-state index contributed by atoms with van der Waals surface area (Å²) in [6.07, 6.45) is 11.2. The molecule has 0 atom stereocenters. The molecule has 2 aliphatic carbocycles. The molecule has 0 amide bonds. The van der Waals surface area contributed by atoms with Crippen LogP contribution in [-0.4, -0.2) is 36.6 Å². The first kappa shape index (κ1) is 23.2. The number of aliphatic hydroxyl groups excluding tert-OH is 3. The molecule has 1 aromatic rings. The third-order valence-electron chi connectivity index (χ3n) is 4.21. The van der Waals surface area contributed by atoms with Crippen LogP contribution in [0.2, 0.25) is 0 Å². The molecule has 21 heavy (non-hydrogen) atoms. The van der Waals surface area contributed by atoms with E-state index in [1.165, 1.54) is 51.4 Å². The third kappa shape index (κ3) is 5.57. The van der Waals surface area contributed by atoms with Crippen molar-refractivity contribution < 1.29 is 37.0 Å². The number of fused-ring (bicyclic) bond motifs is 3. The summed E-state index contributed by atoms with van der Waals surface area (Å²) in [4.78, 5) is 0. The van der Waals surface area contributed by atoms with E-state index in [9.17, 15) is 0 Å². The van der Waals surface area contributed by atoms with Crippen molar-refractivity contribution in [2.24, 2.45) is 0 Å². The molecular formula is C17H31O3Ti-. The van der Waals surface area contributed by atoms with Crippen molar-refractivity contribution in [2.45, 2.75) is 58.3 Å². The SMILES string of the molecule is CO.CO.CO.C[c-]1c2c(c3c1CCCC3)CCCC2.[Ti]. The Morgan fingerprint density at radius 1 is 0.619 bits per heavy atom. The third-order valence-corrected chi connectivity index (χ3v) is 4.21. The average molecular weight is 331 g/mol. The standard InChI is InChI=1S/C14H19.3CH4O.Ti/c1-10-11-6-2-4-8-13(11)14-9-5-3-7-12(10)14;3*1-2;/h2-9H2,1H3;3*2H,1H3;/q-1;;;;. The minimum atomic E-state index is 0. The second-order valence-corrected chi connectivity index (χ2v) is 4.95. The Hall–Kier alpha value is -0.0557. The number of aliphatic hydroxyl groups is 3. The van der Waals surface area contributed by atoms with E-state index in [2.05, 4.69) is 6.92 Å². The zero-order valence-electron chi connectivity index (χ0n) is 14.0. The van der Waals surface area contributed by atoms with Crippen molar-refractivity contribution in [3.05, 3.63) is 27.8 Å². The molecular weight excluding hydrogens is 300 g/mol. The van der Waals surface area contributed by atoms with Gasteiger partial charge < -0.3 is 15.3 Å². The van der Waals surface area contributed by atoms with Gasteiger partial charge in [-0.15, -0.1) is 0 Å². The summed E-state index contributed by atoms with van der Waals surface area (Å²) in [5.41, 5.74) is 8.74. The molecule has 0 bridgehead atoms. The molecule has 0 aromatic heterocycles. The summed E-state index contributed by atoms with van der Waals surface area (Å²) < 4.78 is 0. The van der Waals surface area contributed by atoms with E-state index < -0.39 is 0 Å². The van der Waals surface area contributed by atoms with Crippen molar-refractivity contribution in [3.8, 4) is 0 Å². The predicted octanol–water partition coefficient (Wildman–Crippen LogP) is 2.29. The molecule has 4 heteroatoms. The zero-order valence-corrected chi connectivity index (χ0v) is 15.6. The van der Waals surface area contributed by atoms with Gasteiger partial charge in [-0.1, -0.05) is 58.3 Å². The Bertz CT molecular complexity index is 339. The fourth-order valence-corrected chi connectivity index (χ4v) is 3.49. The average Bonchev–Trinajstić information content (AvgIpc) is 2.87. The van der Waals surface area contributed by atoms with Crippen LogP contribution < -0.4 is 0 Å². The Kier molecular flexibility index (Phi) is 15.0. The number of hydrogen-bond acceptors (Lipinski definition) is 3. The molecule has 0 heterocycles. The van der Waals surface area contributed by atoms with Crippen LogP contribution in [0.5, 0.6) is 0 Å². The molecule has 1 aromatic carbocycles. The summed E-state index contributed by atoms with van der Waals surface area (Å²) >= 11 is 0. The molecule has 3 rings (SSSR count).